The molecule has 8 heteroatoms. The number of hydrogen-bond acceptors (Lipinski definition) is 6. The van der Waals surface area contributed by atoms with Crippen molar-refractivity contribution in [3.63, 3.8) is 0 Å². The largest absolute Gasteiger partial charge is 0.493 e. The van der Waals surface area contributed by atoms with E-state index in [9.17, 15) is 9.59 Å². The topological polar surface area (TPSA) is 93.7 Å². The first kappa shape index (κ1) is 16.7. The highest BCUT2D eigenvalue weighted by molar-refractivity contribution is 6.22. The van der Waals surface area contributed by atoms with E-state index >= 15 is 0 Å². The van der Waals surface area contributed by atoms with E-state index in [0.717, 1.165) is 10.5 Å². The van der Waals surface area contributed by atoms with Gasteiger partial charge in [-0.1, -0.05) is 12.1 Å². The molecule has 0 aliphatic carbocycles. The van der Waals surface area contributed by atoms with E-state index in [1.54, 1.807) is 27.0 Å². The molecule has 0 saturated carbocycles. The van der Waals surface area contributed by atoms with Gasteiger partial charge in [0.2, 0.25) is 5.88 Å². The van der Waals surface area contributed by atoms with Crippen LogP contribution in [0.5, 0.6) is 17.4 Å². The summed E-state index contributed by atoms with van der Waals surface area (Å²) in [4.78, 5) is 33.5. The number of imide groups is 1. The zero-order chi connectivity index (χ0) is 18.2. The minimum absolute atomic E-state index is 0.143. The number of aromatic nitrogens is 2. The minimum atomic E-state index is -0.983. The molecule has 3 rings (SSSR count). The molecular weight excluding hydrogens is 324 g/mol. The summed E-state index contributed by atoms with van der Waals surface area (Å²) in [6.45, 7) is 5.15. The van der Waals surface area contributed by atoms with E-state index < -0.39 is 17.5 Å². The number of urea groups is 1. The number of nitrogens with one attached hydrogen (secondary N) is 1. The Morgan fingerprint density at radius 1 is 1.20 bits per heavy atom. The quantitative estimate of drug-likeness (QED) is 0.858. The smallest absolute Gasteiger partial charge is 0.330 e. The summed E-state index contributed by atoms with van der Waals surface area (Å²) < 4.78 is 11.1. The highest BCUT2D eigenvalue weighted by atomic mass is 16.5. The summed E-state index contributed by atoms with van der Waals surface area (Å²) in [5.41, 5.74) is -0.0758. The van der Waals surface area contributed by atoms with Crippen molar-refractivity contribution < 1.29 is 19.1 Å². The predicted octanol–water partition coefficient (Wildman–Crippen LogP) is 2.42. The van der Waals surface area contributed by atoms with Crippen LogP contribution in [0.1, 0.15) is 19.4 Å². The summed E-state index contributed by atoms with van der Waals surface area (Å²) in [6.07, 6.45) is 1.23. The van der Waals surface area contributed by atoms with Crippen molar-refractivity contribution in [3.8, 4) is 17.4 Å². The highest BCUT2D eigenvalue weighted by Crippen LogP contribution is 2.34. The van der Waals surface area contributed by atoms with Gasteiger partial charge in [-0.3, -0.25) is 4.79 Å². The van der Waals surface area contributed by atoms with Gasteiger partial charge in [0.15, 0.2) is 17.3 Å². The Kier molecular flexibility index (Phi) is 4.03. The normalized spacial score (nSPS) is 15.9. The van der Waals surface area contributed by atoms with Gasteiger partial charge in [0.05, 0.1) is 7.11 Å². The van der Waals surface area contributed by atoms with Crippen molar-refractivity contribution >= 4 is 17.8 Å². The first-order chi connectivity index (χ1) is 11.8. The minimum Gasteiger partial charge on any atom is -0.493 e. The fourth-order valence-electron chi connectivity index (χ4n) is 2.54. The summed E-state index contributed by atoms with van der Waals surface area (Å²) in [6, 6.07) is 6.36. The maximum atomic E-state index is 12.4. The average Bonchev–Trinajstić information content (AvgIpc) is 2.75. The molecular formula is C17H18N4O4. The summed E-state index contributed by atoms with van der Waals surface area (Å²) >= 11 is 0. The van der Waals surface area contributed by atoms with Crippen LogP contribution in [0.25, 0.3) is 0 Å². The van der Waals surface area contributed by atoms with Crippen molar-refractivity contribution in [2.45, 2.75) is 26.3 Å². The summed E-state index contributed by atoms with van der Waals surface area (Å²) in [5.74, 6) is 1.00. The van der Waals surface area contributed by atoms with Gasteiger partial charge in [0.25, 0.3) is 5.91 Å². The number of methoxy groups -OCH3 is 1. The first-order valence-corrected chi connectivity index (χ1v) is 7.63. The molecule has 8 nitrogen and oxygen atoms in total. The van der Waals surface area contributed by atoms with Crippen LogP contribution in [0.4, 0.5) is 10.6 Å². The molecule has 0 atom stereocenters. The van der Waals surface area contributed by atoms with Gasteiger partial charge in [0, 0.05) is 6.07 Å². The second-order valence-electron chi connectivity index (χ2n) is 6.12. The lowest BCUT2D eigenvalue weighted by atomic mass is 10.1. The highest BCUT2D eigenvalue weighted by Gasteiger charge is 2.45. The third-order valence-electron chi connectivity index (χ3n) is 3.81. The van der Waals surface area contributed by atoms with Gasteiger partial charge >= 0.3 is 6.03 Å². The van der Waals surface area contributed by atoms with Crippen LogP contribution in [0.15, 0.2) is 30.6 Å². The molecule has 3 amide bonds. The fourth-order valence-corrected chi connectivity index (χ4v) is 2.54. The Morgan fingerprint density at radius 2 is 1.96 bits per heavy atom. The Balaban J connectivity index is 1.92. The molecule has 1 saturated heterocycles. The molecule has 0 bridgehead atoms. The third-order valence-corrected chi connectivity index (χ3v) is 3.81. The number of hydrogen-bond donors (Lipinski definition) is 1. The SMILES string of the molecule is COc1c(C)cccc1Oc1cc(N2C(=O)NC(C)(C)C2=O)ncn1. The van der Waals surface area contributed by atoms with E-state index in [1.807, 2.05) is 19.1 Å². The van der Waals surface area contributed by atoms with E-state index in [2.05, 4.69) is 15.3 Å². The lowest BCUT2D eigenvalue weighted by molar-refractivity contribution is -0.121. The van der Waals surface area contributed by atoms with Crippen LogP contribution in [0.3, 0.4) is 0 Å². The van der Waals surface area contributed by atoms with Crippen molar-refractivity contribution in [3.05, 3.63) is 36.2 Å². The van der Waals surface area contributed by atoms with Crippen LogP contribution in [0.2, 0.25) is 0 Å². The molecule has 25 heavy (non-hydrogen) atoms. The average molecular weight is 342 g/mol. The molecule has 1 aliphatic heterocycles. The number of carbonyl (C=O) groups excluding carboxylic acids is 2. The molecule has 1 N–H and O–H groups in total. The van der Waals surface area contributed by atoms with Crippen molar-refractivity contribution in [2.24, 2.45) is 0 Å². The second kappa shape index (κ2) is 6.04. The lowest BCUT2D eigenvalue weighted by Gasteiger charge is -2.16. The van der Waals surface area contributed by atoms with Crippen LogP contribution < -0.4 is 19.7 Å². The third kappa shape index (κ3) is 2.98. The molecule has 1 aromatic carbocycles. The number of ether oxygens (including phenoxy) is 2. The van der Waals surface area contributed by atoms with E-state index in [4.69, 9.17) is 9.47 Å². The summed E-state index contributed by atoms with van der Waals surface area (Å²) in [7, 11) is 1.55. The number of rotatable bonds is 4. The molecule has 2 aromatic rings. The molecule has 2 heterocycles. The number of nitrogens with zero attached hydrogens (tertiary/aromatic N) is 3. The van der Waals surface area contributed by atoms with E-state index in [-0.39, 0.29) is 11.7 Å². The first-order valence-electron chi connectivity index (χ1n) is 7.63. The van der Waals surface area contributed by atoms with E-state index in [1.165, 1.54) is 12.4 Å². The van der Waals surface area contributed by atoms with Crippen LogP contribution in [-0.2, 0) is 4.79 Å². The van der Waals surface area contributed by atoms with Gasteiger partial charge in [-0.25, -0.2) is 19.7 Å². The zero-order valence-electron chi connectivity index (χ0n) is 14.4. The van der Waals surface area contributed by atoms with Gasteiger partial charge in [-0.15, -0.1) is 0 Å². The number of anilines is 1. The van der Waals surface area contributed by atoms with Gasteiger partial charge in [-0.2, -0.15) is 0 Å². The fraction of sp³-hybridized carbons (Fsp3) is 0.294. The molecule has 0 spiro atoms. The zero-order valence-corrected chi connectivity index (χ0v) is 14.4. The lowest BCUT2D eigenvalue weighted by Crippen LogP contribution is -2.40. The van der Waals surface area contributed by atoms with Crippen molar-refractivity contribution in [1.29, 1.82) is 0 Å². The molecule has 1 aliphatic rings. The molecule has 0 radical (unpaired) electrons. The van der Waals surface area contributed by atoms with Gasteiger partial charge in [-0.05, 0) is 32.4 Å². The maximum absolute atomic E-state index is 12.4. The molecule has 130 valence electrons. The standard InChI is InChI=1S/C17H18N4O4/c1-10-6-5-7-11(14(10)24-4)25-13-8-12(18-9-19-13)21-15(22)17(2,3)20-16(21)23/h5-9H,1-4H3,(H,20,23). The van der Waals surface area contributed by atoms with Crippen LogP contribution in [-0.4, -0.2) is 34.6 Å². The number of carbonyl (C=O) groups is 2. The Labute approximate surface area is 144 Å². The van der Waals surface area contributed by atoms with Gasteiger partial charge in [0.1, 0.15) is 11.9 Å². The number of aryl methyl sites for hydroxylation is 1. The van der Waals surface area contributed by atoms with Crippen LogP contribution >= 0.6 is 0 Å². The number of benzene rings is 1. The Hall–Kier alpha value is -3.16. The second-order valence-corrected chi connectivity index (χ2v) is 6.12. The van der Waals surface area contributed by atoms with Gasteiger partial charge < -0.3 is 14.8 Å². The van der Waals surface area contributed by atoms with E-state index in [0.29, 0.717) is 11.5 Å². The Bertz CT molecular complexity index is 850. The monoisotopic (exact) mass is 342 g/mol. The van der Waals surface area contributed by atoms with Crippen molar-refractivity contribution in [2.75, 3.05) is 12.0 Å². The van der Waals surface area contributed by atoms with Crippen LogP contribution in [0, 0.1) is 6.92 Å². The number of amides is 3. The Morgan fingerprint density at radius 3 is 2.60 bits per heavy atom. The molecule has 1 aromatic heterocycles. The molecule has 0 unspecified atom stereocenters. The maximum Gasteiger partial charge on any atom is 0.330 e. The molecule has 1 fully saturated rings. The number of para-hydroxylation sites is 1. The van der Waals surface area contributed by atoms with Crippen molar-refractivity contribution in [1.82, 2.24) is 15.3 Å². The predicted molar refractivity (Wildman–Crippen MR) is 89.9 cm³/mol. The summed E-state index contributed by atoms with van der Waals surface area (Å²) in [5, 5.41) is 2.60.